The highest BCUT2D eigenvalue weighted by Gasteiger charge is 2.14. The molecule has 0 atom stereocenters. The Morgan fingerprint density at radius 2 is 1.53 bits per heavy atom. The minimum absolute atomic E-state index is 0.132. The highest BCUT2D eigenvalue weighted by atomic mass is 19.1. The van der Waals surface area contributed by atoms with E-state index in [2.05, 4.69) is 6.58 Å². The summed E-state index contributed by atoms with van der Waals surface area (Å²) < 4.78 is 30.5. The Kier molecular flexibility index (Phi) is 6.65. The summed E-state index contributed by atoms with van der Waals surface area (Å²) in [6, 6.07) is 17.9. The van der Waals surface area contributed by atoms with Crippen molar-refractivity contribution in [2.24, 2.45) is 0 Å². The third kappa shape index (κ3) is 4.75. The second-order valence-electron chi connectivity index (χ2n) is 6.84. The van der Waals surface area contributed by atoms with E-state index in [-0.39, 0.29) is 11.3 Å². The second kappa shape index (κ2) is 9.37. The summed E-state index contributed by atoms with van der Waals surface area (Å²) in [6.07, 6.45) is 0. The largest absolute Gasteiger partial charge is 0.497 e. The monoisotopic (exact) mass is 406 g/mol. The number of benzene rings is 3. The highest BCUT2D eigenvalue weighted by molar-refractivity contribution is 5.88. The fourth-order valence-electron chi connectivity index (χ4n) is 3.07. The summed E-state index contributed by atoms with van der Waals surface area (Å²) in [4.78, 5) is 11.7. The van der Waals surface area contributed by atoms with Crippen LogP contribution in [0.4, 0.5) is 4.39 Å². The number of carbonyl (C=O) groups is 1. The molecule has 0 spiro atoms. The third-order valence-corrected chi connectivity index (χ3v) is 4.62. The van der Waals surface area contributed by atoms with Crippen LogP contribution in [0.3, 0.4) is 0 Å². The van der Waals surface area contributed by atoms with E-state index in [0.717, 1.165) is 22.4 Å². The van der Waals surface area contributed by atoms with Gasteiger partial charge in [-0.15, -0.1) is 0 Å². The maximum absolute atomic E-state index is 14.8. The van der Waals surface area contributed by atoms with Crippen LogP contribution < -0.4 is 9.47 Å². The van der Waals surface area contributed by atoms with Gasteiger partial charge in [0.25, 0.3) is 0 Å². The zero-order valence-electron chi connectivity index (χ0n) is 17.2. The van der Waals surface area contributed by atoms with Crippen molar-refractivity contribution in [1.29, 1.82) is 0 Å². The molecule has 3 aromatic carbocycles. The van der Waals surface area contributed by atoms with E-state index in [0.29, 0.717) is 17.7 Å². The van der Waals surface area contributed by atoms with Crippen molar-refractivity contribution < 1.29 is 23.4 Å². The first-order chi connectivity index (χ1) is 14.4. The molecule has 30 heavy (non-hydrogen) atoms. The van der Waals surface area contributed by atoms with Crippen LogP contribution in [-0.4, -0.2) is 20.2 Å². The van der Waals surface area contributed by atoms with Crippen LogP contribution in [0.2, 0.25) is 0 Å². The molecule has 0 saturated carbocycles. The summed E-state index contributed by atoms with van der Waals surface area (Å²) in [5.41, 5.74) is 4.21. The summed E-state index contributed by atoms with van der Waals surface area (Å²) in [5.74, 6) is -0.169. The molecule has 0 radical (unpaired) electrons. The van der Waals surface area contributed by atoms with Gasteiger partial charge in [-0.3, -0.25) is 0 Å². The number of ether oxygens (including phenoxy) is 3. The zero-order chi connectivity index (χ0) is 21.7. The summed E-state index contributed by atoms with van der Waals surface area (Å²) in [6.45, 7) is 5.39. The predicted octanol–water partition coefficient (Wildman–Crippen LogP) is 5.80. The van der Waals surface area contributed by atoms with Crippen molar-refractivity contribution in [3.63, 3.8) is 0 Å². The molecule has 0 aromatic heterocycles. The van der Waals surface area contributed by atoms with Crippen LogP contribution >= 0.6 is 0 Å². The lowest BCUT2D eigenvalue weighted by molar-refractivity contribution is -0.130. The smallest absolute Gasteiger partial charge is 0.338 e. The Balaban J connectivity index is 1.96. The lowest BCUT2D eigenvalue weighted by atomic mass is 9.95. The summed E-state index contributed by atoms with van der Waals surface area (Å²) >= 11 is 0. The topological polar surface area (TPSA) is 44.8 Å². The Morgan fingerprint density at radius 3 is 2.13 bits per heavy atom. The van der Waals surface area contributed by atoms with E-state index in [4.69, 9.17) is 14.2 Å². The van der Waals surface area contributed by atoms with E-state index >= 15 is 0 Å². The molecule has 0 aliphatic heterocycles. The maximum atomic E-state index is 14.8. The summed E-state index contributed by atoms with van der Waals surface area (Å²) in [7, 11) is 3.22. The zero-order valence-corrected chi connectivity index (χ0v) is 17.2. The number of hydrogen-bond acceptors (Lipinski definition) is 4. The van der Waals surface area contributed by atoms with Crippen molar-refractivity contribution >= 4 is 5.97 Å². The van der Waals surface area contributed by atoms with Gasteiger partial charge in [0, 0.05) is 24.3 Å². The average molecular weight is 406 g/mol. The maximum Gasteiger partial charge on any atom is 0.338 e. The van der Waals surface area contributed by atoms with Gasteiger partial charge in [0.1, 0.15) is 17.3 Å². The molecule has 0 unspecified atom stereocenters. The number of hydrogen-bond donors (Lipinski definition) is 0. The molecule has 0 heterocycles. The first kappa shape index (κ1) is 21.3. The fraction of sp³-hybridized carbons (Fsp3) is 0.160. The van der Waals surface area contributed by atoms with Gasteiger partial charge < -0.3 is 14.2 Å². The molecule has 3 aromatic rings. The summed E-state index contributed by atoms with van der Waals surface area (Å²) in [5, 5.41) is 0. The number of halogens is 1. The second-order valence-corrected chi connectivity index (χ2v) is 6.84. The van der Waals surface area contributed by atoms with Crippen LogP contribution in [-0.2, 0) is 16.1 Å². The predicted molar refractivity (Wildman–Crippen MR) is 115 cm³/mol. The molecule has 0 N–H and O–H groups in total. The normalized spacial score (nSPS) is 10.5. The van der Waals surface area contributed by atoms with Crippen molar-refractivity contribution in [2.45, 2.75) is 13.5 Å². The minimum Gasteiger partial charge on any atom is -0.497 e. The molecule has 0 aliphatic rings. The van der Waals surface area contributed by atoms with Gasteiger partial charge in [0.05, 0.1) is 13.7 Å². The number of carbonyl (C=O) groups excluding carboxylic acids is 1. The molecule has 0 fully saturated rings. The SMILES string of the molecule is C=C(C)C(=O)Oc1ccc(-c2ccc(-c3ccc(OC)cc3)cc2COC)c(F)c1. The molecule has 154 valence electrons. The molecule has 0 amide bonds. The van der Waals surface area contributed by atoms with Gasteiger partial charge in [-0.05, 0) is 59.5 Å². The molecular formula is C25H23FO4. The van der Waals surface area contributed by atoms with Gasteiger partial charge in [0.2, 0.25) is 0 Å². The van der Waals surface area contributed by atoms with Gasteiger partial charge >= 0.3 is 5.97 Å². The molecule has 0 bridgehead atoms. The van der Waals surface area contributed by atoms with Crippen LogP contribution in [0.1, 0.15) is 12.5 Å². The van der Waals surface area contributed by atoms with Crippen molar-refractivity contribution in [3.8, 4) is 33.8 Å². The van der Waals surface area contributed by atoms with E-state index in [9.17, 15) is 9.18 Å². The van der Waals surface area contributed by atoms with Crippen molar-refractivity contribution in [3.05, 3.63) is 84.2 Å². The van der Waals surface area contributed by atoms with Gasteiger partial charge in [-0.25, -0.2) is 9.18 Å². The highest BCUT2D eigenvalue weighted by Crippen LogP contribution is 2.33. The third-order valence-electron chi connectivity index (χ3n) is 4.62. The number of esters is 1. The first-order valence-electron chi connectivity index (χ1n) is 9.37. The first-order valence-corrected chi connectivity index (χ1v) is 9.37. The van der Waals surface area contributed by atoms with Crippen LogP contribution in [0, 0.1) is 5.82 Å². The van der Waals surface area contributed by atoms with E-state index < -0.39 is 11.8 Å². The average Bonchev–Trinajstić information content (AvgIpc) is 2.74. The van der Waals surface area contributed by atoms with Crippen molar-refractivity contribution in [1.82, 2.24) is 0 Å². The van der Waals surface area contributed by atoms with E-state index in [1.54, 1.807) is 26.4 Å². The van der Waals surface area contributed by atoms with Crippen LogP contribution in [0.25, 0.3) is 22.3 Å². The van der Waals surface area contributed by atoms with Crippen LogP contribution in [0.15, 0.2) is 72.8 Å². The molecule has 4 nitrogen and oxygen atoms in total. The van der Waals surface area contributed by atoms with Gasteiger partial charge in [-0.1, -0.05) is 30.8 Å². The van der Waals surface area contributed by atoms with Crippen LogP contribution in [0.5, 0.6) is 11.5 Å². The number of rotatable bonds is 7. The molecule has 3 rings (SSSR count). The quantitative estimate of drug-likeness (QED) is 0.283. The fourth-order valence-corrected chi connectivity index (χ4v) is 3.07. The Morgan fingerprint density at radius 1 is 0.900 bits per heavy atom. The molecule has 0 saturated heterocycles. The lowest BCUT2D eigenvalue weighted by Gasteiger charge is -2.14. The molecule has 5 heteroatoms. The van der Waals surface area contributed by atoms with E-state index in [1.165, 1.54) is 13.0 Å². The lowest BCUT2D eigenvalue weighted by Crippen LogP contribution is -2.08. The standard InChI is InChI=1S/C25H23FO4/c1-16(2)25(27)30-21-10-12-23(24(26)14-21)22-11-7-18(13-19(22)15-28-3)17-5-8-20(29-4)9-6-17/h5-14H,1,15H2,2-4H3. The molecule has 0 aliphatic carbocycles. The van der Waals surface area contributed by atoms with E-state index in [1.807, 2.05) is 42.5 Å². The van der Waals surface area contributed by atoms with Crippen molar-refractivity contribution in [2.75, 3.05) is 14.2 Å². The van der Waals surface area contributed by atoms with Gasteiger partial charge in [-0.2, -0.15) is 0 Å². The Bertz CT molecular complexity index is 1070. The Hall–Kier alpha value is -3.44. The Labute approximate surface area is 175 Å². The van der Waals surface area contributed by atoms with Gasteiger partial charge in [0.15, 0.2) is 0 Å². The minimum atomic E-state index is -0.592. The number of methoxy groups -OCH3 is 2. The molecular weight excluding hydrogens is 383 g/mol.